The van der Waals surface area contributed by atoms with Gasteiger partial charge in [0.2, 0.25) is 0 Å². The molecule has 3 fully saturated rings. The zero-order chi connectivity index (χ0) is 43.9. The van der Waals surface area contributed by atoms with Gasteiger partial charge in [0.25, 0.3) is 0 Å². The lowest BCUT2D eigenvalue weighted by atomic mass is 9.44. The third-order valence-electron chi connectivity index (χ3n) is 13.7. The highest BCUT2D eigenvalue weighted by Crippen LogP contribution is 2.65. The highest BCUT2D eigenvalue weighted by Gasteiger charge is 2.78. The zero-order valence-corrected chi connectivity index (χ0v) is 35.9. The van der Waals surface area contributed by atoms with Crippen LogP contribution in [-0.4, -0.2) is 83.1 Å². The van der Waals surface area contributed by atoms with Gasteiger partial charge in [0, 0.05) is 51.4 Å². The van der Waals surface area contributed by atoms with Crippen molar-refractivity contribution in [2.45, 2.75) is 129 Å². The second kappa shape index (κ2) is 16.9. The van der Waals surface area contributed by atoms with Crippen LogP contribution in [0.4, 0.5) is 0 Å². The normalized spacial score (nSPS) is 31.2. The molecule has 12 heteroatoms. The maximum Gasteiger partial charge on any atom is 0.306 e. The Morgan fingerprint density at radius 3 is 1.93 bits per heavy atom. The molecule has 3 aromatic carbocycles. The monoisotopic (exact) mass is 836 g/mol. The molecule has 12 nitrogen and oxygen atoms in total. The highest BCUT2D eigenvalue weighted by atomic mass is 16.6. The first kappa shape index (κ1) is 43.9. The molecule has 3 aliphatic carbocycles. The third kappa shape index (κ3) is 8.06. The molecule has 1 N–H and O–H groups in total. The maximum absolute atomic E-state index is 15.9. The number of hydrogen-bond donors (Lipinski definition) is 1. The molecule has 1 saturated heterocycles. The molecular formula is C49H56O12. The minimum absolute atomic E-state index is 0.0172. The van der Waals surface area contributed by atoms with Gasteiger partial charge in [-0.3, -0.25) is 24.0 Å². The number of Topliss-reactive ketones (excluding diaryl/α,β-unsaturated/α-hetero) is 1. The summed E-state index contributed by atoms with van der Waals surface area (Å²) >= 11 is 0. The molecule has 2 bridgehead atoms. The van der Waals surface area contributed by atoms with Crippen molar-refractivity contribution >= 4 is 29.7 Å². The van der Waals surface area contributed by atoms with E-state index in [1.807, 2.05) is 72.8 Å². The molecule has 3 aromatic rings. The molecule has 0 unspecified atom stereocenters. The van der Waals surface area contributed by atoms with Crippen molar-refractivity contribution in [3.05, 3.63) is 118 Å². The predicted octanol–water partition coefficient (Wildman–Crippen LogP) is 6.36. The minimum atomic E-state index is -1.99. The lowest BCUT2D eigenvalue weighted by Gasteiger charge is -2.68. The summed E-state index contributed by atoms with van der Waals surface area (Å²) in [5.74, 6) is -4.52. The van der Waals surface area contributed by atoms with E-state index in [1.165, 1.54) is 26.3 Å². The van der Waals surface area contributed by atoms with Crippen LogP contribution < -0.4 is 0 Å². The van der Waals surface area contributed by atoms with E-state index in [1.54, 1.807) is 27.7 Å². The molecule has 324 valence electrons. The topological polar surface area (TPSA) is 161 Å². The minimum Gasteiger partial charge on any atom is -0.461 e. The van der Waals surface area contributed by atoms with Crippen LogP contribution in [0.2, 0.25) is 0 Å². The first-order chi connectivity index (χ1) is 28.9. The van der Waals surface area contributed by atoms with E-state index in [2.05, 4.69) is 12.1 Å². The fraction of sp³-hybridized carbons (Fsp3) is 0.490. The van der Waals surface area contributed by atoms with Gasteiger partial charge in [-0.1, -0.05) is 98.8 Å². The van der Waals surface area contributed by atoms with Gasteiger partial charge in [-0.05, 0) is 60.1 Å². The van der Waals surface area contributed by atoms with Gasteiger partial charge in [-0.25, -0.2) is 0 Å². The summed E-state index contributed by atoms with van der Waals surface area (Å²) in [5, 5.41) is 13.6. The Balaban J connectivity index is 1.32. The van der Waals surface area contributed by atoms with Gasteiger partial charge in [0.05, 0.1) is 24.7 Å². The Morgan fingerprint density at radius 1 is 0.770 bits per heavy atom. The first-order valence-corrected chi connectivity index (χ1v) is 21.0. The molecular weight excluding hydrogens is 781 g/mol. The zero-order valence-electron chi connectivity index (χ0n) is 35.9. The largest absolute Gasteiger partial charge is 0.461 e. The number of fused-ring (bicyclic) bond motifs is 5. The first-order valence-electron chi connectivity index (χ1n) is 21.0. The number of ketones is 1. The Hall–Kier alpha value is -5.17. The summed E-state index contributed by atoms with van der Waals surface area (Å²) in [7, 11) is 0. The van der Waals surface area contributed by atoms with Crippen molar-refractivity contribution in [3.8, 4) is 0 Å². The van der Waals surface area contributed by atoms with Gasteiger partial charge < -0.3 is 33.5 Å². The van der Waals surface area contributed by atoms with Crippen LogP contribution in [0.25, 0.3) is 0 Å². The van der Waals surface area contributed by atoms with Crippen molar-refractivity contribution in [2.75, 3.05) is 6.61 Å². The van der Waals surface area contributed by atoms with E-state index in [-0.39, 0.29) is 38.0 Å². The molecule has 9 atom stereocenters. The van der Waals surface area contributed by atoms with E-state index in [0.29, 0.717) is 12.0 Å². The highest BCUT2D eigenvalue weighted by molar-refractivity contribution is 5.95. The Morgan fingerprint density at radius 2 is 1.36 bits per heavy atom. The number of carbonyl (C=O) groups excluding carboxylic acids is 5. The molecule has 0 radical (unpaired) electrons. The standard InChI is InChI=1S/C49H56O12/c1-29-37(58-30(2)50)26-49(55)45(56-27-36-16-12-9-13-17-36)43-47(7,44(54)42(59-31(3)51)41(29)46(49,5)6)38(25-39-48(43,28-57-39)61-32(4)52)60-40(53)23-22-33-18-20-35(21-19-33)24-34-14-10-8-11-15-34/h8-21,37-39,42-43,45,55H,22-28H2,1-7H3/t37-,38-,39+,42+,43-,45-,47+,48-,49+/m0/s1. The molecule has 0 aromatic heterocycles. The number of hydrogen-bond acceptors (Lipinski definition) is 12. The quantitative estimate of drug-likeness (QED) is 0.122. The van der Waals surface area contributed by atoms with Crippen LogP contribution in [0.5, 0.6) is 0 Å². The SMILES string of the molecule is CC(=O)O[C@H]1C(=O)[C@]2(C)[C@@H](OC(=O)CCc3ccc(Cc4ccccc4)cc3)C[C@H]3OC[C@@]3(OC(C)=O)[C@H]2[C@H](OCc2ccccc2)[C@]2(O)C[C@H](OC(C)=O)C(C)=C1C2(C)C. The van der Waals surface area contributed by atoms with Crippen LogP contribution in [0, 0.1) is 16.7 Å². The lowest BCUT2D eigenvalue weighted by molar-refractivity contribution is -0.352. The number of ether oxygens (including phenoxy) is 6. The van der Waals surface area contributed by atoms with Gasteiger partial charge in [0.15, 0.2) is 17.5 Å². The Kier molecular flexibility index (Phi) is 12.2. The van der Waals surface area contributed by atoms with Crippen molar-refractivity contribution in [1.82, 2.24) is 0 Å². The molecule has 0 spiro atoms. The van der Waals surface area contributed by atoms with Gasteiger partial charge >= 0.3 is 23.9 Å². The molecule has 1 aliphatic heterocycles. The third-order valence-corrected chi connectivity index (χ3v) is 13.7. The molecule has 1 heterocycles. The van der Waals surface area contributed by atoms with Crippen LogP contribution in [0.15, 0.2) is 96.1 Å². The van der Waals surface area contributed by atoms with Gasteiger partial charge in [-0.15, -0.1) is 0 Å². The molecule has 61 heavy (non-hydrogen) atoms. The molecule has 0 amide bonds. The van der Waals surface area contributed by atoms with Gasteiger partial charge in [0.1, 0.15) is 23.9 Å². The van der Waals surface area contributed by atoms with Gasteiger partial charge in [-0.2, -0.15) is 0 Å². The van der Waals surface area contributed by atoms with Crippen molar-refractivity contribution < 1.29 is 57.5 Å². The summed E-state index contributed by atoms with van der Waals surface area (Å²) < 4.78 is 37.5. The lowest BCUT2D eigenvalue weighted by Crippen LogP contribution is -2.82. The number of carbonyl (C=O) groups is 5. The molecule has 4 aliphatic rings. The van der Waals surface area contributed by atoms with Crippen molar-refractivity contribution in [1.29, 1.82) is 0 Å². The van der Waals surface area contributed by atoms with E-state index >= 15 is 4.79 Å². The number of rotatable bonds is 12. The van der Waals surface area contributed by atoms with E-state index in [9.17, 15) is 24.3 Å². The number of esters is 4. The second-order valence-electron chi connectivity index (χ2n) is 17.8. The number of aliphatic hydroxyl groups is 1. The summed E-state index contributed by atoms with van der Waals surface area (Å²) in [4.78, 5) is 68.8. The number of aryl methyl sites for hydroxylation is 1. The summed E-state index contributed by atoms with van der Waals surface area (Å²) in [5.41, 5.74) is -2.08. The Labute approximate surface area is 356 Å². The van der Waals surface area contributed by atoms with Crippen molar-refractivity contribution in [3.63, 3.8) is 0 Å². The van der Waals surface area contributed by atoms with Crippen LogP contribution >= 0.6 is 0 Å². The van der Waals surface area contributed by atoms with Crippen LogP contribution in [0.1, 0.15) is 90.0 Å². The fourth-order valence-corrected chi connectivity index (χ4v) is 10.6. The van der Waals surface area contributed by atoms with E-state index in [0.717, 1.165) is 23.1 Å². The smallest absolute Gasteiger partial charge is 0.306 e. The summed E-state index contributed by atoms with van der Waals surface area (Å²) in [6, 6.07) is 27.4. The summed E-state index contributed by atoms with van der Waals surface area (Å²) in [6.07, 6.45) is -5.21. The van der Waals surface area contributed by atoms with E-state index < -0.39 is 88.1 Å². The average molecular weight is 837 g/mol. The Bertz CT molecular complexity index is 2180. The second-order valence-corrected chi connectivity index (χ2v) is 17.8. The predicted molar refractivity (Wildman–Crippen MR) is 222 cm³/mol. The van der Waals surface area contributed by atoms with Crippen molar-refractivity contribution in [2.24, 2.45) is 16.7 Å². The fourth-order valence-electron chi connectivity index (χ4n) is 10.6. The summed E-state index contributed by atoms with van der Waals surface area (Å²) in [6.45, 7) is 10.3. The molecule has 7 rings (SSSR count). The number of benzene rings is 3. The van der Waals surface area contributed by atoms with E-state index in [4.69, 9.17) is 28.4 Å². The molecule has 2 saturated carbocycles. The average Bonchev–Trinajstić information content (AvgIpc) is 3.20. The van der Waals surface area contributed by atoms with Crippen LogP contribution in [-0.2, 0) is 71.8 Å². The van der Waals surface area contributed by atoms with Crippen LogP contribution in [0.3, 0.4) is 0 Å². The maximum atomic E-state index is 15.9.